The minimum absolute atomic E-state index is 0.0830. The summed E-state index contributed by atoms with van der Waals surface area (Å²) in [6, 6.07) is 14.4. The third-order valence-electron chi connectivity index (χ3n) is 5.14. The van der Waals surface area contributed by atoms with Crippen molar-refractivity contribution in [3.8, 4) is 0 Å². The van der Waals surface area contributed by atoms with E-state index in [0.717, 1.165) is 20.9 Å². The van der Waals surface area contributed by atoms with E-state index in [-0.39, 0.29) is 19.0 Å². The summed E-state index contributed by atoms with van der Waals surface area (Å²) in [5.41, 5.74) is 2.49. The Bertz CT molecular complexity index is 1080. The van der Waals surface area contributed by atoms with Crippen LogP contribution >= 0.6 is 15.9 Å². The Kier molecular flexibility index (Phi) is 7.28. The average Bonchev–Trinajstić information content (AvgIpc) is 3.08. The van der Waals surface area contributed by atoms with Gasteiger partial charge in [0.2, 0.25) is 0 Å². The van der Waals surface area contributed by atoms with Crippen molar-refractivity contribution in [2.45, 2.75) is 26.7 Å². The van der Waals surface area contributed by atoms with Gasteiger partial charge in [-0.15, -0.1) is 0 Å². The van der Waals surface area contributed by atoms with Gasteiger partial charge in [-0.2, -0.15) is 0 Å². The Morgan fingerprint density at radius 3 is 2.06 bits per heavy atom. The molecular weight excluding hydrogens is 462 g/mol. The first kappa shape index (κ1) is 22.7. The lowest BCUT2D eigenvalue weighted by Crippen LogP contribution is -2.37. The molecule has 6 nitrogen and oxygen atoms in total. The van der Waals surface area contributed by atoms with Crippen molar-refractivity contribution in [3.63, 3.8) is 0 Å². The molecule has 1 atom stereocenters. The van der Waals surface area contributed by atoms with Crippen molar-refractivity contribution in [1.82, 2.24) is 4.98 Å². The standard InChI is InChI=1S/C24H24BrNO5/c1-4-30-23(28)20(24(29)31-5-2)19(22(27)15-10-12-16(25)13-11-15)21-14(3)17-8-6-7-9-18(17)26-21/h6-13,19-20,26H,4-5H2,1-3H3/t19-/m0/s1. The number of ketones is 1. The number of halogens is 1. The Balaban J connectivity index is 2.21. The van der Waals surface area contributed by atoms with E-state index in [4.69, 9.17) is 9.47 Å². The number of rotatable bonds is 8. The highest BCUT2D eigenvalue weighted by atomic mass is 79.9. The monoisotopic (exact) mass is 485 g/mol. The molecule has 0 unspecified atom stereocenters. The van der Waals surface area contributed by atoms with Crippen molar-refractivity contribution in [3.05, 3.63) is 69.8 Å². The number of ether oxygens (including phenoxy) is 2. The lowest BCUT2D eigenvalue weighted by atomic mass is 9.81. The van der Waals surface area contributed by atoms with Gasteiger partial charge in [-0.05, 0) is 44.5 Å². The molecule has 0 aliphatic heterocycles. The Morgan fingerprint density at radius 2 is 1.52 bits per heavy atom. The number of esters is 2. The van der Waals surface area contributed by atoms with Gasteiger partial charge in [-0.1, -0.05) is 46.3 Å². The highest BCUT2D eigenvalue weighted by molar-refractivity contribution is 9.10. The lowest BCUT2D eigenvalue weighted by molar-refractivity contribution is -0.162. The summed E-state index contributed by atoms with van der Waals surface area (Å²) in [7, 11) is 0. The van der Waals surface area contributed by atoms with E-state index in [9.17, 15) is 14.4 Å². The number of aromatic amines is 1. The molecule has 0 radical (unpaired) electrons. The largest absolute Gasteiger partial charge is 0.465 e. The molecule has 0 aliphatic rings. The number of nitrogens with one attached hydrogen (secondary N) is 1. The molecule has 0 fully saturated rings. The maximum atomic E-state index is 13.7. The van der Waals surface area contributed by atoms with Crippen LogP contribution in [-0.4, -0.2) is 35.9 Å². The van der Waals surface area contributed by atoms with Gasteiger partial charge < -0.3 is 14.5 Å². The van der Waals surface area contributed by atoms with E-state index >= 15 is 0 Å². The molecule has 0 saturated heterocycles. The van der Waals surface area contributed by atoms with Crippen LogP contribution in [0.25, 0.3) is 10.9 Å². The smallest absolute Gasteiger partial charge is 0.321 e. The zero-order valence-electron chi connectivity index (χ0n) is 17.6. The van der Waals surface area contributed by atoms with Gasteiger partial charge in [0.15, 0.2) is 11.7 Å². The second-order valence-corrected chi connectivity index (χ2v) is 7.96. The van der Waals surface area contributed by atoms with E-state index in [1.165, 1.54) is 0 Å². The summed E-state index contributed by atoms with van der Waals surface area (Å²) >= 11 is 3.36. The van der Waals surface area contributed by atoms with Gasteiger partial charge in [0.05, 0.1) is 19.1 Å². The maximum Gasteiger partial charge on any atom is 0.321 e. The van der Waals surface area contributed by atoms with Crippen LogP contribution < -0.4 is 0 Å². The quantitative estimate of drug-likeness (QED) is 0.277. The summed E-state index contributed by atoms with van der Waals surface area (Å²) in [4.78, 5) is 42.7. The summed E-state index contributed by atoms with van der Waals surface area (Å²) in [6.45, 7) is 5.34. The van der Waals surface area contributed by atoms with Crippen molar-refractivity contribution >= 4 is 44.6 Å². The Morgan fingerprint density at radius 1 is 0.935 bits per heavy atom. The Hall–Kier alpha value is -2.93. The fraction of sp³-hybridized carbons (Fsp3) is 0.292. The first-order valence-electron chi connectivity index (χ1n) is 10.1. The number of Topliss-reactive ketones (excluding diaryl/α,β-unsaturated/α-hetero) is 1. The van der Waals surface area contributed by atoms with Crippen molar-refractivity contribution in [2.75, 3.05) is 13.2 Å². The first-order chi connectivity index (χ1) is 14.9. The summed E-state index contributed by atoms with van der Waals surface area (Å²) in [5, 5.41) is 0.914. The number of aromatic nitrogens is 1. The normalized spacial score (nSPS) is 12.0. The van der Waals surface area contributed by atoms with Crippen LogP contribution in [0, 0.1) is 12.8 Å². The number of H-pyrrole nitrogens is 1. The molecule has 3 aromatic rings. The van der Waals surface area contributed by atoms with Crippen molar-refractivity contribution < 1.29 is 23.9 Å². The van der Waals surface area contributed by atoms with Crippen LogP contribution in [0.3, 0.4) is 0 Å². The number of carbonyl (C=O) groups is 3. The topological polar surface area (TPSA) is 85.5 Å². The van der Waals surface area contributed by atoms with Crippen LogP contribution in [0.5, 0.6) is 0 Å². The fourth-order valence-electron chi connectivity index (χ4n) is 3.69. The molecule has 31 heavy (non-hydrogen) atoms. The van der Waals surface area contributed by atoms with Crippen LogP contribution in [-0.2, 0) is 19.1 Å². The van der Waals surface area contributed by atoms with Gasteiger partial charge in [0.1, 0.15) is 0 Å². The van der Waals surface area contributed by atoms with Gasteiger partial charge in [0.25, 0.3) is 0 Å². The Labute approximate surface area is 189 Å². The molecule has 3 rings (SSSR count). The first-order valence-corrected chi connectivity index (χ1v) is 10.9. The van der Waals surface area contributed by atoms with Crippen LogP contribution in [0.4, 0.5) is 0 Å². The molecule has 1 N–H and O–H groups in total. The average molecular weight is 486 g/mol. The molecule has 0 spiro atoms. The van der Waals surface area contributed by atoms with E-state index in [1.54, 1.807) is 38.1 Å². The number of hydrogen-bond acceptors (Lipinski definition) is 5. The molecule has 0 amide bonds. The molecule has 1 aromatic heterocycles. The minimum atomic E-state index is -1.43. The minimum Gasteiger partial charge on any atom is -0.465 e. The maximum absolute atomic E-state index is 13.7. The molecule has 0 saturated carbocycles. The molecule has 162 valence electrons. The zero-order valence-corrected chi connectivity index (χ0v) is 19.2. The molecular formula is C24H24BrNO5. The number of carbonyl (C=O) groups excluding carboxylic acids is 3. The fourth-order valence-corrected chi connectivity index (χ4v) is 3.95. The van der Waals surface area contributed by atoms with Crippen LogP contribution in [0.2, 0.25) is 0 Å². The number of aryl methyl sites for hydroxylation is 1. The SMILES string of the molecule is CCOC(=O)C(C(=O)OCC)[C@H](C(=O)c1ccc(Br)cc1)c1[nH]c2ccccc2c1C. The zero-order chi connectivity index (χ0) is 22.5. The van der Waals surface area contributed by atoms with Gasteiger partial charge >= 0.3 is 11.9 Å². The highest BCUT2D eigenvalue weighted by Gasteiger charge is 2.44. The number of fused-ring (bicyclic) bond motifs is 1. The van der Waals surface area contributed by atoms with Gasteiger partial charge in [-0.3, -0.25) is 14.4 Å². The second kappa shape index (κ2) is 9.92. The van der Waals surface area contributed by atoms with Crippen molar-refractivity contribution in [2.24, 2.45) is 5.92 Å². The number of hydrogen-bond donors (Lipinski definition) is 1. The molecule has 7 heteroatoms. The lowest BCUT2D eigenvalue weighted by Gasteiger charge is -2.23. The van der Waals surface area contributed by atoms with Crippen LogP contribution in [0.15, 0.2) is 53.0 Å². The van der Waals surface area contributed by atoms with E-state index in [0.29, 0.717) is 11.3 Å². The summed E-state index contributed by atoms with van der Waals surface area (Å²) in [6.07, 6.45) is 0. The third kappa shape index (κ3) is 4.71. The van der Waals surface area contributed by atoms with Gasteiger partial charge in [-0.25, -0.2) is 0 Å². The second-order valence-electron chi connectivity index (χ2n) is 7.04. The van der Waals surface area contributed by atoms with E-state index in [1.807, 2.05) is 31.2 Å². The van der Waals surface area contributed by atoms with E-state index < -0.39 is 23.8 Å². The third-order valence-corrected chi connectivity index (χ3v) is 5.67. The predicted molar refractivity (Wildman–Crippen MR) is 121 cm³/mol. The summed E-state index contributed by atoms with van der Waals surface area (Å²) in [5.74, 6) is -4.48. The molecule has 0 bridgehead atoms. The summed E-state index contributed by atoms with van der Waals surface area (Å²) < 4.78 is 11.2. The predicted octanol–water partition coefficient (Wildman–Crippen LogP) is 4.95. The van der Waals surface area contributed by atoms with Crippen molar-refractivity contribution in [1.29, 1.82) is 0 Å². The highest BCUT2D eigenvalue weighted by Crippen LogP contribution is 2.36. The molecule has 2 aromatic carbocycles. The number of benzene rings is 2. The van der Waals surface area contributed by atoms with Gasteiger partial charge in [0, 0.05) is 26.6 Å². The number of para-hydroxylation sites is 1. The molecule has 1 heterocycles. The van der Waals surface area contributed by atoms with E-state index in [2.05, 4.69) is 20.9 Å². The van der Waals surface area contributed by atoms with Crippen LogP contribution in [0.1, 0.15) is 41.4 Å². The molecule has 0 aliphatic carbocycles.